The molecule has 0 aromatic carbocycles. The Balaban J connectivity index is 4.94. The Morgan fingerprint density at radius 3 is 1.23 bits per heavy atom. The smallest absolute Gasteiger partial charge is 0.376 e. The van der Waals surface area contributed by atoms with Gasteiger partial charge in [-0.05, 0) is 6.42 Å². The largest absolute Gasteiger partial charge is 0.525 e. The van der Waals surface area contributed by atoms with Crippen molar-refractivity contribution in [1.82, 2.24) is 21.3 Å². The maximum Gasteiger partial charge on any atom is 0.525 e. The van der Waals surface area contributed by atoms with Crippen molar-refractivity contribution in [2.75, 3.05) is 95.0 Å². The minimum absolute atomic E-state index is 0.577. The van der Waals surface area contributed by atoms with E-state index < -0.39 is 22.4 Å². The number of hydrogen-bond donors (Lipinski definition) is 5. The van der Waals surface area contributed by atoms with E-state index >= 15 is 0 Å². The zero-order valence-corrected chi connectivity index (χ0v) is 21.9. The Morgan fingerprint density at radius 1 is 0.600 bits per heavy atom. The minimum Gasteiger partial charge on any atom is -0.376 e. The molecule has 0 aliphatic heterocycles. The molecule has 30 heavy (non-hydrogen) atoms. The summed E-state index contributed by atoms with van der Waals surface area (Å²) >= 11 is 0. The second kappa shape index (κ2) is 16.6. The van der Waals surface area contributed by atoms with Crippen LogP contribution in [0.2, 0.25) is 0 Å². The summed E-state index contributed by atoms with van der Waals surface area (Å²) < 4.78 is 35.0. The van der Waals surface area contributed by atoms with Crippen molar-refractivity contribution in [2.24, 2.45) is 5.73 Å². The molecule has 6 N–H and O–H groups in total. The van der Waals surface area contributed by atoms with Crippen molar-refractivity contribution < 1.29 is 26.6 Å². The van der Waals surface area contributed by atoms with Gasteiger partial charge in [0.2, 0.25) is 0 Å². The van der Waals surface area contributed by atoms with Gasteiger partial charge in [0.15, 0.2) is 4.79 Å². The van der Waals surface area contributed by atoms with Gasteiger partial charge in [-0.1, -0.05) is 6.92 Å². The van der Waals surface area contributed by atoms with Crippen LogP contribution in [0.3, 0.4) is 0 Å². The second-order valence-electron chi connectivity index (χ2n) is 6.56. The maximum atomic E-state index is 5.84. The molecular weight excluding hydrogens is 426 g/mol. The van der Waals surface area contributed by atoms with Gasteiger partial charge in [-0.15, -0.1) is 0 Å². The Bertz CT molecular complexity index is 384. The summed E-state index contributed by atoms with van der Waals surface area (Å²) in [4.78, 5) is -0.870. The predicted octanol–water partition coefficient (Wildman–Crippen LogP) is -1.71. The summed E-state index contributed by atoms with van der Waals surface area (Å²) in [5, 5.41) is 13.6. The molecule has 0 radical (unpaired) electrons. The van der Waals surface area contributed by atoms with E-state index in [9.17, 15) is 0 Å². The lowest BCUT2D eigenvalue weighted by Crippen LogP contribution is -2.84. The van der Waals surface area contributed by atoms with E-state index in [0.29, 0.717) is 19.5 Å². The van der Waals surface area contributed by atoms with E-state index in [-0.39, 0.29) is 0 Å². The predicted molar refractivity (Wildman–Crippen MR) is 122 cm³/mol. The van der Waals surface area contributed by atoms with Crippen LogP contribution in [0.1, 0.15) is 13.3 Å². The first kappa shape index (κ1) is 30.0. The number of nitrogens with two attached hydrogens (primary N) is 1. The average Bonchev–Trinajstić information content (AvgIpc) is 2.79. The fraction of sp³-hybridized carbons (Fsp3) is 1.00. The van der Waals surface area contributed by atoms with Gasteiger partial charge in [0, 0.05) is 95.0 Å². The number of nitrogens with one attached hydrogen (secondary N) is 4. The van der Waals surface area contributed by atoms with Crippen molar-refractivity contribution in [3.8, 4) is 0 Å². The molecule has 0 bridgehead atoms. The molecule has 0 rings (SSSR count). The molecule has 0 aromatic heterocycles. The van der Waals surface area contributed by atoms with Crippen LogP contribution in [0.25, 0.3) is 0 Å². The molecule has 11 nitrogen and oxygen atoms in total. The van der Waals surface area contributed by atoms with Gasteiger partial charge >= 0.3 is 17.6 Å². The molecular formula is C17H45N5O6Si2. The summed E-state index contributed by atoms with van der Waals surface area (Å²) in [7, 11) is 2.94. The van der Waals surface area contributed by atoms with Gasteiger partial charge in [0.05, 0.1) is 0 Å². The number of hydrogen-bond acceptors (Lipinski definition) is 11. The van der Waals surface area contributed by atoms with Gasteiger partial charge < -0.3 is 53.6 Å². The molecule has 0 amide bonds. The normalized spacial score (nSPS) is 13.2. The third kappa shape index (κ3) is 7.26. The lowest BCUT2D eigenvalue weighted by atomic mass is 10.4. The molecule has 0 atom stereocenters. The molecule has 0 heterocycles. The molecule has 182 valence electrons. The van der Waals surface area contributed by atoms with Crippen LogP contribution in [0.15, 0.2) is 0 Å². The average molecular weight is 472 g/mol. The quantitative estimate of drug-likeness (QED) is 0.0969. The molecule has 0 aliphatic carbocycles. The highest BCUT2D eigenvalue weighted by Gasteiger charge is 2.75. The summed E-state index contributed by atoms with van der Waals surface area (Å²) in [5.41, 5.74) is 5.44. The molecule has 13 heteroatoms. The van der Waals surface area contributed by atoms with Crippen molar-refractivity contribution in [2.45, 2.75) is 18.1 Å². The number of rotatable bonds is 21. The standard InChI is InChI=1S/C17H45N5O6Si2/c1-8-17(29(23-2,24-3)25-4,30(26-5,27-6)28-7)22-16-15-21-14-13-20-12-11-19-10-9-18/h19-22H,8-16,18H2,1-7H3. The summed E-state index contributed by atoms with van der Waals surface area (Å²) in [6.07, 6.45) is 0.577. The molecule has 0 saturated carbocycles. The lowest BCUT2D eigenvalue weighted by molar-refractivity contribution is 0.0456. The minimum atomic E-state index is -3.27. The van der Waals surface area contributed by atoms with Crippen LogP contribution in [-0.2, 0) is 26.6 Å². The highest BCUT2D eigenvalue weighted by atomic mass is 28.5. The Kier molecular flexibility index (Phi) is 16.6. The Labute approximate surface area is 184 Å². The molecule has 0 aromatic rings. The maximum absolute atomic E-state index is 5.84. The third-order valence-corrected chi connectivity index (χ3v) is 13.4. The molecule has 0 fully saturated rings. The van der Waals surface area contributed by atoms with E-state index in [2.05, 4.69) is 21.3 Å². The highest BCUT2D eigenvalue weighted by molar-refractivity contribution is 6.85. The van der Waals surface area contributed by atoms with Crippen LogP contribution in [0.4, 0.5) is 0 Å². The van der Waals surface area contributed by atoms with Crippen molar-refractivity contribution in [3.63, 3.8) is 0 Å². The summed E-state index contributed by atoms with van der Waals surface area (Å²) in [5.74, 6) is 0. The Hall–Kier alpha value is -0.00623. The molecule has 0 saturated heterocycles. The second-order valence-corrected chi connectivity index (χ2v) is 13.4. The fourth-order valence-electron chi connectivity index (χ4n) is 3.70. The van der Waals surface area contributed by atoms with Crippen molar-refractivity contribution >= 4 is 17.6 Å². The van der Waals surface area contributed by atoms with Crippen LogP contribution in [-0.4, -0.2) is 117 Å². The van der Waals surface area contributed by atoms with Crippen LogP contribution in [0.5, 0.6) is 0 Å². The third-order valence-electron chi connectivity index (χ3n) is 5.19. The first-order chi connectivity index (χ1) is 14.5. The van der Waals surface area contributed by atoms with Crippen LogP contribution < -0.4 is 27.0 Å². The van der Waals surface area contributed by atoms with E-state index in [4.69, 9.17) is 32.3 Å². The zero-order chi connectivity index (χ0) is 22.9. The van der Waals surface area contributed by atoms with Gasteiger partial charge in [-0.25, -0.2) is 0 Å². The van der Waals surface area contributed by atoms with Gasteiger partial charge in [0.25, 0.3) is 0 Å². The fourth-order valence-corrected chi connectivity index (χ4v) is 11.7. The summed E-state index contributed by atoms with van der Waals surface area (Å²) in [6.45, 7) is 8.42. The first-order valence-corrected chi connectivity index (χ1v) is 13.8. The lowest BCUT2D eigenvalue weighted by Gasteiger charge is -2.49. The molecule has 0 spiro atoms. The van der Waals surface area contributed by atoms with Gasteiger partial charge in [0.1, 0.15) is 0 Å². The zero-order valence-electron chi connectivity index (χ0n) is 19.9. The molecule has 0 aliphatic rings. The van der Waals surface area contributed by atoms with E-state index in [1.807, 2.05) is 6.92 Å². The Morgan fingerprint density at radius 2 is 0.933 bits per heavy atom. The SMILES string of the molecule is CCC(NCCNCCNCCNCCN)([Si](OC)(OC)OC)[Si](OC)(OC)OC. The first-order valence-electron chi connectivity index (χ1n) is 10.4. The van der Waals surface area contributed by atoms with E-state index in [1.165, 1.54) is 0 Å². The van der Waals surface area contributed by atoms with Crippen molar-refractivity contribution in [1.29, 1.82) is 0 Å². The summed E-state index contributed by atoms with van der Waals surface area (Å²) in [6, 6.07) is 0. The van der Waals surface area contributed by atoms with Gasteiger partial charge in [-0.3, -0.25) is 0 Å². The monoisotopic (exact) mass is 471 g/mol. The van der Waals surface area contributed by atoms with Crippen LogP contribution in [0, 0.1) is 0 Å². The topological polar surface area (TPSA) is 130 Å². The highest BCUT2D eigenvalue weighted by Crippen LogP contribution is 2.36. The van der Waals surface area contributed by atoms with E-state index in [0.717, 1.165) is 39.3 Å². The van der Waals surface area contributed by atoms with E-state index in [1.54, 1.807) is 42.7 Å². The van der Waals surface area contributed by atoms with Gasteiger partial charge in [-0.2, -0.15) is 0 Å². The molecule has 0 unspecified atom stereocenters. The van der Waals surface area contributed by atoms with Crippen LogP contribution >= 0.6 is 0 Å². The van der Waals surface area contributed by atoms with Crippen molar-refractivity contribution in [3.05, 3.63) is 0 Å².